The van der Waals surface area contributed by atoms with Gasteiger partial charge in [0.2, 0.25) is 0 Å². The minimum atomic E-state index is -1.11. The van der Waals surface area contributed by atoms with Gasteiger partial charge in [-0.3, -0.25) is 0 Å². The summed E-state index contributed by atoms with van der Waals surface area (Å²) in [5.41, 5.74) is 0. The van der Waals surface area contributed by atoms with Crippen LogP contribution in [0.3, 0.4) is 0 Å². The topological polar surface area (TPSA) is 77.4 Å². The highest BCUT2D eigenvalue weighted by molar-refractivity contribution is 4.92. The van der Waals surface area contributed by atoms with E-state index < -0.39 is 30.7 Å². The normalized spacial score (nSPS) is 30.6. The molecule has 0 amide bonds. The Morgan fingerprint density at radius 3 is 1.67 bits per heavy atom. The summed E-state index contributed by atoms with van der Waals surface area (Å²) in [6.45, 7) is 7.76. The summed E-state index contributed by atoms with van der Waals surface area (Å²) in [6, 6.07) is 0. The van der Waals surface area contributed by atoms with Crippen LogP contribution in [-0.4, -0.2) is 67.3 Å². The molecule has 6 heteroatoms. The van der Waals surface area contributed by atoms with Crippen molar-refractivity contribution in [1.82, 2.24) is 0 Å². The smallest absolute Gasteiger partial charge is 0.184 e. The molecule has 5 atom stereocenters. The lowest BCUT2D eigenvalue weighted by atomic mass is 9.98. The van der Waals surface area contributed by atoms with Gasteiger partial charge in [0, 0.05) is 19.8 Å². The highest BCUT2D eigenvalue weighted by Gasteiger charge is 2.47. The van der Waals surface area contributed by atoms with Gasteiger partial charge in [0.25, 0.3) is 0 Å². The zero-order valence-electron chi connectivity index (χ0n) is 15.5. The average molecular weight is 348 g/mol. The molecule has 1 rings (SSSR count). The van der Waals surface area contributed by atoms with E-state index in [2.05, 4.69) is 20.8 Å². The van der Waals surface area contributed by atoms with E-state index in [4.69, 9.17) is 18.9 Å². The first-order valence-electron chi connectivity index (χ1n) is 9.48. The fraction of sp³-hybridized carbons (Fsp3) is 1.00. The van der Waals surface area contributed by atoms with Gasteiger partial charge in [-0.15, -0.1) is 0 Å². The fourth-order valence-corrected chi connectivity index (χ4v) is 2.70. The number of aliphatic hydroxyl groups excluding tert-OH is 2. The molecule has 0 aliphatic carbocycles. The third-order valence-corrected chi connectivity index (χ3v) is 4.21. The summed E-state index contributed by atoms with van der Waals surface area (Å²) in [6.07, 6.45) is 2.65. The minimum Gasteiger partial charge on any atom is -0.394 e. The summed E-state index contributed by atoms with van der Waals surface area (Å²) in [4.78, 5) is 0. The maximum Gasteiger partial charge on any atom is 0.184 e. The second-order valence-electron chi connectivity index (χ2n) is 6.31. The van der Waals surface area contributed by atoms with Gasteiger partial charge < -0.3 is 29.2 Å². The lowest BCUT2D eigenvalue weighted by molar-refractivity contribution is -0.310. The maximum atomic E-state index is 10.3. The van der Waals surface area contributed by atoms with Gasteiger partial charge in [0.15, 0.2) is 6.29 Å². The Labute approximate surface area is 146 Å². The van der Waals surface area contributed by atoms with Crippen LogP contribution in [0.2, 0.25) is 0 Å². The van der Waals surface area contributed by atoms with E-state index in [1.54, 1.807) is 0 Å². The summed E-state index contributed by atoms with van der Waals surface area (Å²) in [7, 11) is 0. The molecule has 1 saturated heterocycles. The Kier molecular flexibility index (Phi) is 11.8. The first kappa shape index (κ1) is 21.8. The summed E-state index contributed by atoms with van der Waals surface area (Å²) in [5, 5.41) is 19.9. The van der Waals surface area contributed by atoms with E-state index in [9.17, 15) is 10.2 Å². The number of rotatable bonds is 13. The second-order valence-corrected chi connectivity index (χ2v) is 6.31. The number of ether oxygens (including phenoxy) is 4. The van der Waals surface area contributed by atoms with E-state index >= 15 is 0 Å². The summed E-state index contributed by atoms with van der Waals surface area (Å²) >= 11 is 0. The molecule has 144 valence electrons. The largest absolute Gasteiger partial charge is 0.394 e. The summed E-state index contributed by atoms with van der Waals surface area (Å²) < 4.78 is 23.3. The molecule has 0 radical (unpaired) electrons. The molecule has 0 aromatic carbocycles. The molecule has 0 saturated carbocycles. The Morgan fingerprint density at radius 1 is 0.750 bits per heavy atom. The Balaban J connectivity index is 2.79. The van der Waals surface area contributed by atoms with Crippen LogP contribution in [0, 0.1) is 0 Å². The number of aliphatic hydroxyl groups is 2. The highest BCUT2D eigenvalue weighted by atomic mass is 16.7. The van der Waals surface area contributed by atoms with Gasteiger partial charge in [0.05, 0.1) is 6.61 Å². The molecule has 1 heterocycles. The first-order valence-corrected chi connectivity index (χ1v) is 9.48. The molecule has 1 fully saturated rings. The SMILES string of the molecule is CCCCOC1[C@H](OCCCC)C(O)OC(CO)[C@@H]1OCCCC. The molecule has 2 N–H and O–H groups in total. The molecular weight excluding hydrogens is 312 g/mol. The zero-order valence-corrected chi connectivity index (χ0v) is 15.5. The highest BCUT2D eigenvalue weighted by Crippen LogP contribution is 2.27. The van der Waals surface area contributed by atoms with E-state index in [1.807, 2.05) is 0 Å². The van der Waals surface area contributed by atoms with Crippen LogP contribution in [0.1, 0.15) is 59.3 Å². The Bertz CT molecular complexity index is 301. The van der Waals surface area contributed by atoms with Crippen LogP contribution in [0.4, 0.5) is 0 Å². The van der Waals surface area contributed by atoms with Crippen molar-refractivity contribution in [2.24, 2.45) is 0 Å². The molecular formula is C18H36O6. The molecule has 0 aromatic rings. The van der Waals surface area contributed by atoms with Crippen molar-refractivity contribution in [3.63, 3.8) is 0 Å². The average Bonchev–Trinajstić information content (AvgIpc) is 2.58. The lowest BCUT2D eigenvalue weighted by Crippen LogP contribution is -2.61. The predicted molar refractivity (Wildman–Crippen MR) is 91.9 cm³/mol. The maximum absolute atomic E-state index is 10.3. The van der Waals surface area contributed by atoms with E-state index in [-0.39, 0.29) is 6.61 Å². The minimum absolute atomic E-state index is 0.219. The summed E-state index contributed by atoms with van der Waals surface area (Å²) in [5.74, 6) is 0. The van der Waals surface area contributed by atoms with Crippen LogP contribution in [0.5, 0.6) is 0 Å². The zero-order chi connectivity index (χ0) is 17.8. The number of hydrogen-bond acceptors (Lipinski definition) is 6. The van der Waals surface area contributed by atoms with Crippen LogP contribution >= 0.6 is 0 Å². The van der Waals surface area contributed by atoms with Gasteiger partial charge in [-0.1, -0.05) is 40.0 Å². The van der Waals surface area contributed by atoms with Crippen molar-refractivity contribution in [3.8, 4) is 0 Å². The molecule has 0 aromatic heterocycles. The predicted octanol–water partition coefficient (Wildman–Crippen LogP) is 2.25. The standard InChI is InChI=1S/C18H36O6/c1-4-7-10-21-15-14(13-19)24-18(20)17(23-12-9-6-3)16(15)22-11-8-5-2/h14-20H,4-13H2,1-3H3/t14?,15-,16?,17-,18?/m0/s1. The van der Waals surface area contributed by atoms with E-state index in [0.717, 1.165) is 38.5 Å². The van der Waals surface area contributed by atoms with Gasteiger partial charge in [0.1, 0.15) is 24.4 Å². The van der Waals surface area contributed by atoms with E-state index in [1.165, 1.54) is 0 Å². The third-order valence-electron chi connectivity index (χ3n) is 4.21. The van der Waals surface area contributed by atoms with Crippen molar-refractivity contribution in [3.05, 3.63) is 0 Å². The van der Waals surface area contributed by atoms with Crippen molar-refractivity contribution in [2.75, 3.05) is 26.4 Å². The van der Waals surface area contributed by atoms with Crippen LogP contribution in [-0.2, 0) is 18.9 Å². The Morgan fingerprint density at radius 2 is 1.21 bits per heavy atom. The van der Waals surface area contributed by atoms with Gasteiger partial charge in [-0.05, 0) is 19.3 Å². The molecule has 1 aliphatic heterocycles. The van der Waals surface area contributed by atoms with Crippen molar-refractivity contribution < 1.29 is 29.2 Å². The molecule has 1 aliphatic rings. The van der Waals surface area contributed by atoms with Crippen molar-refractivity contribution >= 4 is 0 Å². The third kappa shape index (κ3) is 6.94. The molecule has 3 unspecified atom stereocenters. The van der Waals surface area contributed by atoms with Gasteiger partial charge in [-0.25, -0.2) is 0 Å². The van der Waals surface area contributed by atoms with E-state index in [0.29, 0.717) is 19.8 Å². The first-order chi connectivity index (χ1) is 11.7. The fourth-order valence-electron chi connectivity index (χ4n) is 2.70. The molecule has 0 bridgehead atoms. The lowest BCUT2D eigenvalue weighted by Gasteiger charge is -2.44. The van der Waals surface area contributed by atoms with Crippen LogP contribution in [0.25, 0.3) is 0 Å². The molecule has 6 nitrogen and oxygen atoms in total. The quantitative estimate of drug-likeness (QED) is 0.497. The monoisotopic (exact) mass is 348 g/mol. The number of hydrogen-bond donors (Lipinski definition) is 2. The molecule has 0 spiro atoms. The second kappa shape index (κ2) is 13.0. The van der Waals surface area contributed by atoms with Gasteiger partial charge in [-0.2, -0.15) is 0 Å². The molecule has 24 heavy (non-hydrogen) atoms. The van der Waals surface area contributed by atoms with Gasteiger partial charge >= 0.3 is 0 Å². The van der Waals surface area contributed by atoms with Crippen molar-refractivity contribution in [1.29, 1.82) is 0 Å². The van der Waals surface area contributed by atoms with Crippen LogP contribution in [0.15, 0.2) is 0 Å². The van der Waals surface area contributed by atoms with Crippen molar-refractivity contribution in [2.45, 2.75) is 90.0 Å². The van der Waals surface area contributed by atoms with Crippen LogP contribution < -0.4 is 0 Å². The Hall–Kier alpha value is -0.240. The number of unbranched alkanes of at least 4 members (excludes halogenated alkanes) is 3.